The molecule has 0 aromatic heterocycles. The summed E-state index contributed by atoms with van der Waals surface area (Å²) in [5, 5.41) is 13.5. The maximum Gasteiger partial charge on any atom is 0.303 e. The third-order valence-corrected chi connectivity index (χ3v) is 8.92. The van der Waals surface area contributed by atoms with E-state index in [1.165, 1.54) is 7.11 Å². The van der Waals surface area contributed by atoms with E-state index in [2.05, 4.69) is 5.32 Å². The van der Waals surface area contributed by atoms with Crippen molar-refractivity contribution >= 4 is 53.7 Å². The number of carbonyl (C=O) groups is 9. The summed E-state index contributed by atoms with van der Waals surface area (Å²) in [4.78, 5) is 110. The molecule has 25 nitrogen and oxygen atoms in total. The molecule has 3 aliphatic heterocycles. The van der Waals surface area contributed by atoms with Crippen molar-refractivity contribution in [2.45, 2.75) is 154 Å². The van der Waals surface area contributed by atoms with Gasteiger partial charge in [0.15, 0.2) is 55.5 Å². The Bertz CT molecular complexity index is 1640. The van der Waals surface area contributed by atoms with E-state index in [0.29, 0.717) is 0 Å². The first-order chi connectivity index (χ1) is 29.0. The summed E-state index contributed by atoms with van der Waals surface area (Å²) in [6.07, 6.45) is -22.6. The molecule has 3 heterocycles. The van der Waals surface area contributed by atoms with Crippen LogP contribution in [0.25, 0.3) is 0 Å². The second-order valence-electron chi connectivity index (χ2n) is 14.1. The van der Waals surface area contributed by atoms with Gasteiger partial charge in [0.2, 0.25) is 5.91 Å². The molecular formula is C37H53NO24. The van der Waals surface area contributed by atoms with Gasteiger partial charge >= 0.3 is 47.8 Å². The first kappa shape index (κ1) is 51.3. The van der Waals surface area contributed by atoms with Crippen LogP contribution in [-0.2, 0) is 109 Å². The summed E-state index contributed by atoms with van der Waals surface area (Å²) in [6, 6.07) is -1.54. The van der Waals surface area contributed by atoms with Crippen LogP contribution in [0.15, 0.2) is 0 Å². The van der Waals surface area contributed by atoms with Gasteiger partial charge in [-0.1, -0.05) is 0 Å². The van der Waals surface area contributed by atoms with Crippen molar-refractivity contribution in [1.29, 1.82) is 0 Å². The molecule has 0 radical (unpaired) electrons. The van der Waals surface area contributed by atoms with Crippen molar-refractivity contribution in [3.63, 3.8) is 0 Å². The molecule has 0 aromatic rings. The summed E-state index contributed by atoms with van der Waals surface area (Å²) in [5.41, 5.74) is 0. The van der Waals surface area contributed by atoms with Crippen molar-refractivity contribution in [3.05, 3.63) is 0 Å². The lowest BCUT2D eigenvalue weighted by atomic mass is 9.94. The smallest absolute Gasteiger partial charge is 0.303 e. The monoisotopic (exact) mass is 895 g/mol. The normalized spacial score (nSPS) is 33.0. The second-order valence-corrected chi connectivity index (χ2v) is 14.1. The van der Waals surface area contributed by atoms with Crippen LogP contribution in [0, 0.1) is 0 Å². The lowest BCUT2D eigenvalue weighted by molar-refractivity contribution is -0.364. The van der Waals surface area contributed by atoms with E-state index < -0.39 is 166 Å². The van der Waals surface area contributed by atoms with Crippen molar-refractivity contribution in [1.82, 2.24) is 5.32 Å². The highest BCUT2D eigenvalue weighted by atomic mass is 16.8. The standard InChI is InChI=1S/C37H53NO24/c1-14(39)38-26-30(56-20(7)45)27(53-17(4)42)24(11-50-15(2)40)60-36(26)62-34-31(49-10)28(54-18(5)43)25(12-51-16(3)41)61-37(34)52-13-23-29(55-19(6)44)32(57-21(8)46)33(35(48)59-23)58-22(9)47/h23-37,48H,11-13H2,1-10H3,(H,38,39)/t23-,24-,25-,26-,27-,28-,29-,30-,31+,32+,33-,34+,35-,36+,37+/m1/s1. The first-order valence-corrected chi connectivity index (χ1v) is 19.0. The number of rotatable bonds is 17. The lowest BCUT2D eigenvalue weighted by Crippen LogP contribution is -2.69. The fraction of sp³-hybridized carbons (Fsp3) is 0.757. The zero-order valence-corrected chi connectivity index (χ0v) is 35.6. The van der Waals surface area contributed by atoms with Crippen molar-refractivity contribution in [2.24, 2.45) is 0 Å². The van der Waals surface area contributed by atoms with E-state index in [9.17, 15) is 48.3 Å². The van der Waals surface area contributed by atoms with Gasteiger partial charge in [0.05, 0.1) is 6.61 Å². The number of hydrogen-bond donors (Lipinski definition) is 2. The third kappa shape index (κ3) is 14.8. The molecule has 0 aromatic carbocycles. The molecule has 1 amide bonds. The Balaban J connectivity index is 2.19. The largest absolute Gasteiger partial charge is 0.463 e. The Kier molecular flexibility index (Phi) is 19.4. The summed E-state index contributed by atoms with van der Waals surface area (Å²) in [5.74, 6) is -7.67. The lowest BCUT2D eigenvalue weighted by Gasteiger charge is -2.49. The molecule has 0 aliphatic carbocycles. The van der Waals surface area contributed by atoms with Crippen LogP contribution in [0.3, 0.4) is 0 Å². The zero-order chi connectivity index (χ0) is 46.6. The van der Waals surface area contributed by atoms with Gasteiger partial charge < -0.3 is 76.7 Å². The van der Waals surface area contributed by atoms with Gasteiger partial charge in [0, 0.05) is 69.4 Å². The quantitative estimate of drug-likeness (QED) is 0.115. The van der Waals surface area contributed by atoms with Crippen LogP contribution >= 0.6 is 0 Å². The van der Waals surface area contributed by atoms with Crippen LogP contribution in [0.2, 0.25) is 0 Å². The van der Waals surface area contributed by atoms with Gasteiger partial charge in [-0.25, -0.2) is 0 Å². The van der Waals surface area contributed by atoms with Gasteiger partial charge in [0.1, 0.15) is 49.8 Å². The molecule has 0 bridgehead atoms. The molecule has 3 aliphatic rings. The molecule has 2 N–H and O–H groups in total. The first-order valence-electron chi connectivity index (χ1n) is 19.0. The molecule has 25 heteroatoms. The molecule has 0 saturated carbocycles. The number of methoxy groups -OCH3 is 1. The minimum atomic E-state index is -1.99. The zero-order valence-electron chi connectivity index (χ0n) is 35.6. The Labute approximate surface area is 354 Å². The van der Waals surface area contributed by atoms with Gasteiger partial charge in [-0.15, -0.1) is 0 Å². The van der Waals surface area contributed by atoms with Crippen LogP contribution in [0.4, 0.5) is 0 Å². The van der Waals surface area contributed by atoms with Crippen LogP contribution in [0.5, 0.6) is 0 Å². The number of nitrogens with one attached hydrogen (secondary N) is 1. The molecule has 15 atom stereocenters. The van der Waals surface area contributed by atoms with E-state index in [4.69, 9.17) is 66.3 Å². The highest BCUT2D eigenvalue weighted by Gasteiger charge is 2.57. The molecule has 3 rings (SSSR count). The SMILES string of the molecule is CO[C@@H]1[C@H](O[C@@H]2O[C@H](COC(C)=O)[C@@H](OC(C)=O)[C@H](OC(C)=O)[C@H]2NC(C)=O)[C@@H](OC[C@H]2O[C@@H](O)[C@H](OC(C)=O)[C@@H](OC(C)=O)[C@@H]2OC(C)=O)O[C@H](COC(C)=O)[C@H]1OC(C)=O. The van der Waals surface area contributed by atoms with E-state index >= 15 is 0 Å². The fourth-order valence-electron chi connectivity index (χ4n) is 6.85. The van der Waals surface area contributed by atoms with Crippen molar-refractivity contribution in [2.75, 3.05) is 26.9 Å². The minimum absolute atomic E-state index is 0.565. The Hall–Kier alpha value is -5.05. The topological polar surface area (TPSA) is 315 Å². The Morgan fingerprint density at radius 2 is 0.839 bits per heavy atom. The number of carbonyl (C=O) groups excluding carboxylic acids is 9. The van der Waals surface area contributed by atoms with Gasteiger partial charge in [-0.05, 0) is 0 Å². The average Bonchev–Trinajstić information content (AvgIpc) is 3.13. The highest BCUT2D eigenvalue weighted by molar-refractivity contribution is 5.74. The summed E-state index contributed by atoms with van der Waals surface area (Å²) >= 11 is 0. The maximum absolute atomic E-state index is 12.7. The van der Waals surface area contributed by atoms with Crippen LogP contribution < -0.4 is 5.32 Å². The average molecular weight is 896 g/mol. The number of amides is 1. The Morgan fingerprint density at radius 1 is 0.452 bits per heavy atom. The molecule has 0 spiro atoms. The Morgan fingerprint density at radius 3 is 1.27 bits per heavy atom. The molecule has 62 heavy (non-hydrogen) atoms. The van der Waals surface area contributed by atoms with E-state index in [1.54, 1.807) is 0 Å². The molecule has 350 valence electrons. The van der Waals surface area contributed by atoms with Gasteiger partial charge in [-0.2, -0.15) is 0 Å². The van der Waals surface area contributed by atoms with Crippen molar-refractivity contribution < 1.29 is 115 Å². The summed E-state index contributed by atoms with van der Waals surface area (Å²) in [7, 11) is 1.17. The molecule has 3 saturated heterocycles. The van der Waals surface area contributed by atoms with E-state index in [1.807, 2.05) is 0 Å². The second kappa shape index (κ2) is 23.4. The van der Waals surface area contributed by atoms with Crippen molar-refractivity contribution in [3.8, 4) is 0 Å². The van der Waals surface area contributed by atoms with E-state index in [-0.39, 0.29) is 0 Å². The fourth-order valence-corrected chi connectivity index (χ4v) is 6.85. The predicted molar refractivity (Wildman–Crippen MR) is 194 cm³/mol. The van der Waals surface area contributed by atoms with Gasteiger partial charge in [0.25, 0.3) is 0 Å². The number of aliphatic hydroxyl groups is 1. The highest BCUT2D eigenvalue weighted by Crippen LogP contribution is 2.35. The number of esters is 8. The van der Waals surface area contributed by atoms with Crippen LogP contribution in [-0.4, -0.2) is 178 Å². The minimum Gasteiger partial charge on any atom is -0.463 e. The molecular weight excluding hydrogens is 842 g/mol. The summed E-state index contributed by atoms with van der Waals surface area (Å²) < 4.78 is 79.3. The van der Waals surface area contributed by atoms with Crippen LogP contribution in [0.1, 0.15) is 62.3 Å². The predicted octanol–water partition coefficient (Wildman–Crippen LogP) is -2.21. The number of ether oxygens (including phenoxy) is 14. The number of hydrogen-bond acceptors (Lipinski definition) is 24. The van der Waals surface area contributed by atoms with E-state index in [0.717, 1.165) is 62.3 Å². The third-order valence-electron chi connectivity index (χ3n) is 8.92. The summed E-state index contributed by atoms with van der Waals surface area (Å²) in [6.45, 7) is 7.53. The maximum atomic E-state index is 12.7. The molecule has 0 unspecified atom stereocenters. The molecule has 3 fully saturated rings. The number of aliphatic hydroxyl groups excluding tert-OH is 1. The van der Waals surface area contributed by atoms with Gasteiger partial charge in [-0.3, -0.25) is 43.2 Å².